The molecule has 2 atom stereocenters. The van der Waals surface area contributed by atoms with E-state index in [1.54, 1.807) is 19.1 Å². The summed E-state index contributed by atoms with van der Waals surface area (Å²) >= 11 is 3.48. The summed E-state index contributed by atoms with van der Waals surface area (Å²) in [7, 11) is 3.19. The minimum atomic E-state index is -0.645. The quantitative estimate of drug-likeness (QED) is 0.271. The number of ether oxygens (including phenoxy) is 2. The smallest absolute Gasteiger partial charge is 0.243 e. The summed E-state index contributed by atoms with van der Waals surface area (Å²) in [6.07, 6.45) is 2.01. The third-order valence-electron chi connectivity index (χ3n) is 6.61. The highest BCUT2D eigenvalue weighted by molar-refractivity contribution is 9.10. The first-order valence-corrected chi connectivity index (χ1v) is 13.7. The van der Waals surface area contributed by atoms with Gasteiger partial charge in [0, 0.05) is 29.9 Å². The Bertz CT molecular complexity index is 1180. The lowest BCUT2D eigenvalue weighted by atomic mass is 10.0. The van der Waals surface area contributed by atoms with Crippen molar-refractivity contribution < 1.29 is 19.1 Å². The van der Waals surface area contributed by atoms with Gasteiger partial charge in [-0.05, 0) is 60.7 Å². The van der Waals surface area contributed by atoms with Crippen molar-refractivity contribution in [3.63, 3.8) is 0 Å². The second-order valence-corrected chi connectivity index (χ2v) is 10.3. The molecule has 0 bridgehead atoms. The van der Waals surface area contributed by atoms with Crippen LogP contribution in [0.2, 0.25) is 0 Å². The van der Waals surface area contributed by atoms with Gasteiger partial charge in [0.1, 0.15) is 6.04 Å². The maximum atomic E-state index is 13.8. The summed E-state index contributed by atoms with van der Waals surface area (Å²) in [5, 5.41) is 3.11. The Morgan fingerprint density at radius 2 is 1.55 bits per heavy atom. The number of nitrogens with one attached hydrogen (secondary N) is 1. The summed E-state index contributed by atoms with van der Waals surface area (Å²) in [6, 6.07) is 22.7. The number of hydrogen-bond donors (Lipinski definition) is 1. The lowest BCUT2D eigenvalue weighted by molar-refractivity contribution is -0.141. The summed E-state index contributed by atoms with van der Waals surface area (Å²) in [5.74, 6) is 1.05. The van der Waals surface area contributed by atoms with Crippen LogP contribution >= 0.6 is 15.9 Å². The van der Waals surface area contributed by atoms with Gasteiger partial charge < -0.3 is 19.7 Å². The normalized spacial score (nSPS) is 12.3. The Morgan fingerprint density at radius 3 is 2.18 bits per heavy atom. The van der Waals surface area contributed by atoms with Crippen molar-refractivity contribution in [3.8, 4) is 11.5 Å². The third kappa shape index (κ3) is 8.35. The van der Waals surface area contributed by atoms with Gasteiger partial charge in [-0.25, -0.2) is 0 Å². The average Bonchev–Trinajstić information content (AvgIpc) is 2.94. The number of halogens is 1. The first kappa shape index (κ1) is 29.2. The van der Waals surface area contributed by atoms with Gasteiger partial charge in [-0.2, -0.15) is 0 Å². The van der Waals surface area contributed by atoms with E-state index >= 15 is 0 Å². The molecule has 3 aromatic rings. The Balaban J connectivity index is 1.90. The highest BCUT2D eigenvalue weighted by Crippen LogP contribution is 2.28. The third-order valence-corrected chi connectivity index (χ3v) is 7.14. The minimum Gasteiger partial charge on any atom is -0.493 e. The molecule has 38 heavy (non-hydrogen) atoms. The van der Waals surface area contributed by atoms with Crippen molar-refractivity contribution >= 4 is 27.7 Å². The highest BCUT2D eigenvalue weighted by atomic mass is 79.9. The Kier molecular flexibility index (Phi) is 11.2. The van der Waals surface area contributed by atoms with E-state index in [1.165, 1.54) is 0 Å². The maximum absolute atomic E-state index is 13.8. The molecule has 0 aliphatic rings. The monoisotopic (exact) mass is 580 g/mol. The zero-order valence-corrected chi connectivity index (χ0v) is 24.2. The molecule has 0 radical (unpaired) electrons. The predicted molar refractivity (Wildman–Crippen MR) is 154 cm³/mol. The molecule has 6 nitrogen and oxygen atoms in total. The topological polar surface area (TPSA) is 67.9 Å². The predicted octanol–water partition coefficient (Wildman–Crippen LogP) is 5.95. The Hall–Kier alpha value is -3.32. The van der Waals surface area contributed by atoms with Crippen LogP contribution in [0, 0.1) is 0 Å². The molecule has 0 aliphatic heterocycles. The number of carbonyl (C=O) groups excluding carboxylic acids is 2. The fourth-order valence-corrected chi connectivity index (χ4v) is 4.48. The van der Waals surface area contributed by atoms with E-state index in [1.807, 2.05) is 86.6 Å². The number of methoxy groups -OCH3 is 2. The van der Waals surface area contributed by atoms with E-state index < -0.39 is 6.04 Å². The molecule has 0 saturated carbocycles. The molecule has 7 heteroatoms. The van der Waals surface area contributed by atoms with Crippen LogP contribution in [0.5, 0.6) is 11.5 Å². The van der Waals surface area contributed by atoms with E-state index in [-0.39, 0.29) is 24.3 Å². The van der Waals surface area contributed by atoms with Crippen LogP contribution in [0.25, 0.3) is 0 Å². The zero-order chi connectivity index (χ0) is 27.5. The fraction of sp³-hybridized carbons (Fsp3) is 0.355. The van der Waals surface area contributed by atoms with Crippen LogP contribution in [0.3, 0.4) is 0 Å². The van der Waals surface area contributed by atoms with Gasteiger partial charge >= 0.3 is 0 Å². The van der Waals surface area contributed by atoms with Crippen LogP contribution < -0.4 is 14.8 Å². The van der Waals surface area contributed by atoms with Crippen molar-refractivity contribution in [1.29, 1.82) is 0 Å². The summed E-state index contributed by atoms with van der Waals surface area (Å²) in [5.41, 5.74) is 2.93. The summed E-state index contributed by atoms with van der Waals surface area (Å²) < 4.78 is 11.7. The largest absolute Gasteiger partial charge is 0.493 e. The molecule has 0 saturated heterocycles. The SMILES string of the molecule is CC[C@@H](C)NC(=O)[C@@H](Cc1ccccc1)N(Cc1ccc(Br)cc1)C(=O)CCc1ccc(OC)c(OC)c1. The van der Waals surface area contributed by atoms with Crippen molar-refractivity contribution in [2.24, 2.45) is 0 Å². The summed E-state index contributed by atoms with van der Waals surface area (Å²) in [6.45, 7) is 4.35. The number of carbonyl (C=O) groups is 2. The summed E-state index contributed by atoms with van der Waals surface area (Å²) in [4.78, 5) is 29.2. The maximum Gasteiger partial charge on any atom is 0.243 e. The van der Waals surface area contributed by atoms with Crippen LogP contribution in [0.1, 0.15) is 43.4 Å². The standard InChI is InChI=1S/C31H37BrN2O4/c1-5-22(2)33-31(36)27(19-23-9-7-6-8-10-23)34(21-25-11-15-26(32)16-12-25)30(35)18-14-24-13-17-28(37-3)29(20-24)38-4/h6-13,15-17,20,22,27H,5,14,18-19,21H2,1-4H3,(H,33,36)/t22-,27-/m1/s1. The van der Waals surface area contributed by atoms with Gasteiger partial charge in [0.2, 0.25) is 11.8 Å². The van der Waals surface area contributed by atoms with Crippen LogP contribution in [-0.2, 0) is 29.0 Å². The van der Waals surface area contributed by atoms with Crippen molar-refractivity contribution in [2.75, 3.05) is 14.2 Å². The lowest BCUT2D eigenvalue weighted by Gasteiger charge is -2.32. The number of nitrogens with zero attached hydrogens (tertiary/aromatic N) is 1. The first-order valence-electron chi connectivity index (χ1n) is 12.9. The molecule has 0 spiro atoms. The van der Waals surface area contributed by atoms with Gasteiger partial charge in [-0.15, -0.1) is 0 Å². The van der Waals surface area contributed by atoms with Crippen LogP contribution in [0.15, 0.2) is 77.3 Å². The number of benzene rings is 3. The molecule has 0 heterocycles. The van der Waals surface area contributed by atoms with E-state index in [0.29, 0.717) is 30.9 Å². The number of aryl methyl sites for hydroxylation is 1. The zero-order valence-electron chi connectivity index (χ0n) is 22.6. The molecule has 0 aromatic heterocycles. The second-order valence-electron chi connectivity index (χ2n) is 9.36. The van der Waals surface area contributed by atoms with Crippen LogP contribution in [0.4, 0.5) is 0 Å². The molecule has 3 rings (SSSR count). The molecule has 3 aromatic carbocycles. The van der Waals surface area contributed by atoms with Gasteiger partial charge in [-0.1, -0.05) is 71.4 Å². The molecule has 0 unspecified atom stereocenters. The molecule has 2 amide bonds. The first-order chi connectivity index (χ1) is 18.3. The van der Waals surface area contributed by atoms with Crippen LogP contribution in [-0.4, -0.2) is 43.0 Å². The minimum absolute atomic E-state index is 0.0113. The van der Waals surface area contributed by atoms with Gasteiger partial charge in [0.05, 0.1) is 14.2 Å². The van der Waals surface area contributed by atoms with Crippen molar-refractivity contribution in [3.05, 3.63) is 94.0 Å². The molecule has 1 N–H and O–H groups in total. The van der Waals surface area contributed by atoms with Crippen molar-refractivity contribution in [2.45, 2.75) is 58.2 Å². The second kappa shape index (κ2) is 14.6. The lowest BCUT2D eigenvalue weighted by Crippen LogP contribution is -2.52. The molecular formula is C31H37BrN2O4. The van der Waals surface area contributed by atoms with Gasteiger partial charge in [-0.3, -0.25) is 9.59 Å². The van der Waals surface area contributed by atoms with E-state index in [9.17, 15) is 9.59 Å². The molecule has 0 fully saturated rings. The Labute approximate surface area is 234 Å². The van der Waals surface area contributed by atoms with E-state index in [2.05, 4.69) is 21.2 Å². The number of rotatable bonds is 13. The highest BCUT2D eigenvalue weighted by Gasteiger charge is 2.30. The number of amides is 2. The van der Waals surface area contributed by atoms with Crippen molar-refractivity contribution in [1.82, 2.24) is 10.2 Å². The molecule has 0 aliphatic carbocycles. The molecular weight excluding hydrogens is 544 g/mol. The van der Waals surface area contributed by atoms with Gasteiger partial charge in [0.25, 0.3) is 0 Å². The van der Waals surface area contributed by atoms with E-state index in [4.69, 9.17) is 9.47 Å². The average molecular weight is 582 g/mol. The number of hydrogen-bond acceptors (Lipinski definition) is 4. The Morgan fingerprint density at radius 1 is 0.895 bits per heavy atom. The molecule has 202 valence electrons. The van der Waals surface area contributed by atoms with Gasteiger partial charge in [0.15, 0.2) is 11.5 Å². The fourth-order valence-electron chi connectivity index (χ4n) is 4.21. The van der Waals surface area contributed by atoms with E-state index in [0.717, 1.165) is 27.6 Å².